The molecule has 1 aromatic rings. The zero-order valence-electron chi connectivity index (χ0n) is 9.33. The zero-order valence-corrected chi connectivity index (χ0v) is 10.9. The average molecular weight is 269 g/mol. The van der Waals surface area contributed by atoms with E-state index in [0.717, 1.165) is 29.3 Å². The monoisotopic (exact) mass is 268 g/mol. The summed E-state index contributed by atoms with van der Waals surface area (Å²) in [5.74, 6) is 1.89. The van der Waals surface area contributed by atoms with Crippen molar-refractivity contribution in [3.05, 3.63) is 22.3 Å². The Hall–Kier alpha value is -0.570. The second-order valence-corrected chi connectivity index (χ2v) is 5.37. The SMILES string of the molecule is Cc1cnc(N2CCCC(C)C2)c(Br)c1. The maximum Gasteiger partial charge on any atom is 0.142 e. The average Bonchev–Trinajstić information content (AvgIpc) is 2.17. The fourth-order valence-corrected chi connectivity index (χ4v) is 2.86. The lowest BCUT2D eigenvalue weighted by atomic mass is 10.0. The molecular weight excluding hydrogens is 252 g/mol. The van der Waals surface area contributed by atoms with Crippen molar-refractivity contribution in [2.24, 2.45) is 5.92 Å². The highest BCUT2D eigenvalue weighted by molar-refractivity contribution is 9.10. The normalized spacial score (nSPS) is 21.8. The van der Waals surface area contributed by atoms with Gasteiger partial charge in [-0.1, -0.05) is 6.92 Å². The fourth-order valence-electron chi connectivity index (χ4n) is 2.14. The maximum absolute atomic E-state index is 4.51. The molecule has 0 aromatic carbocycles. The van der Waals surface area contributed by atoms with Crippen LogP contribution in [0.1, 0.15) is 25.3 Å². The molecule has 0 bridgehead atoms. The van der Waals surface area contributed by atoms with E-state index in [2.05, 4.69) is 45.7 Å². The molecule has 1 aliphatic rings. The van der Waals surface area contributed by atoms with Crippen LogP contribution < -0.4 is 4.90 Å². The summed E-state index contributed by atoms with van der Waals surface area (Å²) in [5, 5.41) is 0. The van der Waals surface area contributed by atoms with Crippen LogP contribution in [0.2, 0.25) is 0 Å². The molecule has 82 valence electrons. The van der Waals surface area contributed by atoms with Gasteiger partial charge in [0.25, 0.3) is 0 Å². The lowest BCUT2D eigenvalue weighted by Crippen LogP contribution is -2.35. The molecule has 1 aromatic heterocycles. The van der Waals surface area contributed by atoms with Gasteiger partial charge >= 0.3 is 0 Å². The van der Waals surface area contributed by atoms with Gasteiger partial charge in [-0.05, 0) is 53.2 Å². The van der Waals surface area contributed by atoms with E-state index in [9.17, 15) is 0 Å². The van der Waals surface area contributed by atoms with Gasteiger partial charge in [0.15, 0.2) is 0 Å². The molecule has 0 saturated carbocycles. The second-order valence-electron chi connectivity index (χ2n) is 4.51. The molecule has 15 heavy (non-hydrogen) atoms. The lowest BCUT2D eigenvalue weighted by molar-refractivity contribution is 0.444. The van der Waals surface area contributed by atoms with Gasteiger partial charge < -0.3 is 4.90 Å². The summed E-state index contributed by atoms with van der Waals surface area (Å²) in [4.78, 5) is 6.90. The molecule has 2 nitrogen and oxygen atoms in total. The van der Waals surface area contributed by atoms with E-state index in [1.807, 2.05) is 6.20 Å². The first-order chi connectivity index (χ1) is 7.16. The Morgan fingerprint density at radius 2 is 2.33 bits per heavy atom. The Bertz CT molecular complexity index is 351. The highest BCUT2D eigenvalue weighted by Crippen LogP contribution is 2.28. The van der Waals surface area contributed by atoms with Gasteiger partial charge in [0.1, 0.15) is 5.82 Å². The van der Waals surface area contributed by atoms with Crippen LogP contribution in [0.15, 0.2) is 16.7 Å². The van der Waals surface area contributed by atoms with Gasteiger partial charge in [-0.25, -0.2) is 4.98 Å². The molecule has 1 aliphatic heterocycles. The standard InChI is InChI=1S/C12H17BrN2/c1-9-4-3-5-15(8-9)12-11(13)6-10(2)7-14-12/h6-7,9H,3-5,8H2,1-2H3. The summed E-state index contributed by atoms with van der Waals surface area (Å²) >= 11 is 3.60. The third-order valence-corrected chi connectivity index (χ3v) is 3.50. The molecule has 0 N–H and O–H groups in total. The van der Waals surface area contributed by atoms with E-state index in [-0.39, 0.29) is 0 Å². The summed E-state index contributed by atoms with van der Waals surface area (Å²) < 4.78 is 1.12. The molecule has 2 heterocycles. The number of hydrogen-bond acceptors (Lipinski definition) is 2. The molecule has 1 saturated heterocycles. The number of anilines is 1. The van der Waals surface area contributed by atoms with Gasteiger partial charge in [0, 0.05) is 19.3 Å². The van der Waals surface area contributed by atoms with E-state index < -0.39 is 0 Å². The number of pyridine rings is 1. The van der Waals surface area contributed by atoms with Crippen LogP contribution in [-0.4, -0.2) is 18.1 Å². The molecule has 0 amide bonds. The fraction of sp³-hybridized carbons (Fsp3) is 0.583. The summed E-state index contributed by atoms with van der Waals surface area (Å²) in [5.41, 5.74) is 1.20. The third-order valence-electron chi connectivity index (χ3n) is 2.92. The molecule has 3 heteroatoms. The Labute approximate surface area is 99.8 Å². The van der Waals surface area contributed by atoms with Crippen molar-refractivity contribution in [2.45, 2.75) is 26.7 Å². The predicted molar refractivity (Wildman–Crippen MR) is 67.3 cm³/mol. The Morgan fingerprint density at radius 1 is 1.53 bits per heavy atom. The first-order valence-electron chi connectivity index (χ1n) is 5.54. The minimum atomic E-state index is 0.786. The van der Waals surface area contributed by atoms with E-state index in [1.54, 1.807) is 0 Å². The maximum atomic E-state index is 4.51. The van der Waals surface area contributed by atoms with Crippen molar-refractivity contribution in [1.29, 1.82) is 0 Å². The molecule has 0 radical (unpaired) electrons. The van der Waals surface area contributed by atoms with Gasteiger partial charge in [0.05, 0.1) is 4.47 Å². The van der Waals surface area contributed by atoms with Crippen LogP contribution >= 0.6 is 15.9 Å². The van der Waals surface area contributed by atoms with Crippen LogP contribution in [0.4, 0.5) is 5.82 Å². The minimum absolute atomic E-state index is 0.786. The number of rotatable bonds is 1. The summed E-state index contributed by atoms with van der Waals surface area (Å²) in [6, 6.07) is 2.14. The second kappa shape index (κ2) is 4.52. The van der Waals surface area contributed by atoms with Crippen molar-refractivity contribution in [2.75, 3.05) is 18.0 Å². The Balaban J connectivity index is 2.21. The number of nitrogens with zero attached hydrogens (tertiary/aromatic N) is 2. The number of piperidine rings is 1. The zero-order chi connectivity index (χ0) is 10.8. The van der Waals surface area contributed by atoms with Crippen LogP contribution in [0, 0.1) is 12.8 Å². The van der Waals surface area contributed by atoms with Crippen LogP contribution in [0.25, 0.3) is 0 Å². The molecular formula is C12H17BrN2. The molecule has 0 spiro atoms. The number of halogens is 1. The van der Waals surface area contributed by atoms with Gasteiger partial charge in [0.2, 0.25) is 0 Å². The predicted octanol–water partition coefficient (Wildman–Crippen LogP) is 3.39. The van der Waals surface area contributed by atoms with E-state index in [1.165, 1.54) is 18.4 Å². The quantitative estimate of drug-likeness (QED) is 0.776. The molecule has 1 atom stereocenters. The smallest absolute Gasteiger partial charge is 0.142 e. The van der Waals surface area contributed by atoms with Crippen molar-refractivity contribution in [1.82, 2.24) is 4.98 Å². The molecule has 0 aliphatic carbocycles. The number of aryl methyl sites for hydroxylation is 1. The van der Waals surface area contributed by atoms with E-state index >= 15 is 0 Å². The van der Waals surface area contributed by atoms with Crippen LogP contribution in [0.3, 0.4) is 0 Å². The molecule has 1 fully saturated rings. The van der Waals surface area contributed by atoms with Crippen molar-refractivity contribution < 1.29 is 0 Å². The highest BCUT2D eigenvalue weighted by Gasteiger charge is 2.19. The third kappa shape index (κ3) is 2.51. The Kier molecular flexibility index (Phi) is 3.29. The minimum Gasteiger partial charge on any atom is -0.355 e. The largest absolute Gasteiger partial charge is 0.355 e. The first kappa shape index (κ1) is 10.9. The van der Waals surface area contributed by atoms with Gasteiger partial charge in [-0.3, -0.25) is 0 Å². The van der Waals surface area contributed by atoms with Gasteiger partial charge in [-0.15, -0.1) is 0 Å². The summed E-state index contributed by atoms with van der Waals surface area (Å²) in [7, 11) is 0. The number of aromatic nitrogens is 1. The number of hydrogen-bond donors (Lipinski definition) is 0. The highest BCUT2D eigenvalue weighted by atomic mass is 79.9. The van der Waals surface area contributed by atoms with Crippen LogP contribution in [0.5, 0.6) is 0 Å². The molecule has 2 rings (SSSR count). The van der Waals surface area contributed by atoms with Crippen molar-refractivity contribution in [3.8, 4) is 0 Å². The van der Waals surface area contributed by atoms with Crippen molar-refractivity contribution >= 4 is 21.7 Å². The van der Waals surface area contributed by atoms with Gasteiger partial charge in [-0.2, -0.15) is 0 Å². The van der Waals surface area contributed by atoms with Crippen LogP contribution in [-0.2, 0) is 0 Å². The Morgan fingerprint density at radius 3 is 3.00 bits per heavy atom. The lowest BCUT2D eigenvalue weighted by Gasteiger charge is -2.32. The summed E-state index contributed by atoms with van der Waals surface area (Å²) in [6.07, 6.45) is 4.57. The van der Waals surface area contributed by atoms with Crippen molar-refractivity contribution in [3.63, 3.8) is 0 Å². The first-order valence-corrected chi connectivity index (χ1v) is 6.33. The van der Waals surface area contributed by atoms with E-state index in [4.69, 9.17) is 0 Å². The molecule has 1 unspecified atom stereocenters. The van der Waals surface area contributed by atoms with E-state index in [0.29, 0.717) is 0 Å². The topological polar surface area (TPSA) is 16.1 Å². The summed E-state index contributed by atoms with van der Waals surface area (Å²) in [6.45, 7) is 6.66.